The highest BCUT2D eigenvalue weighted by Gasteiger charge is 2.52. The third-order valence-corrected chi connectivity index (χ3v) is 4.48. The van der Waals surface area contributed by atoms with Crippen molar-refractivity contribution in [3.8, 4) is 5.75 Å². The summed E-state index contributed by atoms with van der Waals surface area (Å²) in [4.78, 5) is 12.3. The van der Waals surface area contributed by atoms with Crippen LogP contribution in [0.1, 0.15) is 18.4 Å². The second-order valence-corrected chi connectivity index (χ2v) is 5.78. The Balaban J connectivity index is 2.51. The standard InChI is InChI=1S/C12H13BrO3S/c1-16-10-8(13)5-7(6-9(10)17-2)12(3-4-12)11(14)15/h5-6H,3-4H2,1-2H3,(H,14,15). The SMILES string of the molecule is COc1c(Br)cc(C2(C(=O)O)CC2)cc1SC. The van der Waals surface area contributed by atoms with Crippen molar-refractivity contribution < 1.29 is 14.6 Å². The van der Waals surface area contributed by atoms with Crippen LogP contribution < -0.4 is 4.74 Å². The summed E-state index contributed by atoms with van der Waals surface area (Å²) in [6.07, 6.45) is 3.39. The van der Waals surface area contributed by atoms with Gasteiger partial charge in [0.15, 0.2) is 0 Å². The van der Waals surface area contributed by atoms with Crippen molar-refractivity contribution >= 4 is 33.7 Å². The summed E-state index contributed by atoms with van der Waals surface area (Å²) >= 11 is 4.99. The van der Waals surface area contributed by atoms with Crippen LogP contribution in [0.15, 0.2) is 21.5 Å². The number of carboxylic acids is 1. The van der Waals surface area contributed by atoms with E-state index in [1.165, 1.54) is 0 Å². The van der Waals surface area contributed by atoms with E-state index in [1.807, 2.05) is 18.4 Å². The van der Waals surface area contributed by atoms with Crippen LogP contribution in [0, 0.1) is 0 Å². The fourth-order valence-corrected chi connectivity index (χ4v) is 3.32. The zero-order chi connectivity index (χ0) is 12.6. The molecular formula is C12H13BrO3S. The molecule has 1 aliphatic rings. The van der Waals surface area contributed by atoms with Gasteiger partial charge in [0.25, 0.3) is 0 Å². The highest BCUT2D eigenvalue weighted by molar-refractivity contribution is 9.10. The molecule has 0 saturated heterocycles. The molecule has 1 aromatic carbocycles. The summed E-state index contributed by atoms with van der Waals surface area (Å²) in [7, 11) is 1.61. The summed E-state index contributed by atoms with van der Waals surface area (Å²) in [6, 6.07) is 3.79. The van der Waals surface area contributed by atoms with Crippen LogP contribution in [0.25, 0.3) is 0 Å². The van der Waals surface area contributed by atoms with Gasteiger partial charge in [-0.3, -0.25) is 4.79 Å². The lowest BCUT2D eigenvalue weighted by Crippen LogP contribution is -2.19. The van der Waals surface area contributed by atoms with Crippen LogP contribution >= 0.6 is 27.7 Å². The number of aliphatic carboxylic acids is 1. The van der Waals surface area contributed by atoms with Gasteiger partial charge < -0.3 is 9.84 Å². The first-order valence-electron chi connectivity index (χ1n) is 5.20. The third kappa shape index (κ3) is 2.06. The van der Waals surface area contributed by atoms with E-state index in [4.69, 9.17) is 4.74 Å². The monoisotopic (exact) mass is 316 g/mol. The molecule has 1 N–H and O–H groups in total. The second-order valence-electron chi connectivity index (χ2n) is 4.08. The summed E-state index contributed by atoms with van der Waals surface area (Å²) in [5.41, 5.74) is 0.196. The van der Waals surface area contributed by atoms with Crippen LogP contribution in [-0.4, -0.2) is 24.4 Å². The Morgan fingerprint density at radius 3 is 2.59 bits per heavy atom. The predicted octanol–water partition coefficient (Wildman–Crippen LogP) is 3.30. The molecular weight excluding hydrogens is 304 g/mol. The van der Waals surface area contributed by atoms with Crippen LogP contribution in [-0.2, 0) is 10.2 Å². The zero-order valence-electron chi connectivity index (χ0n) is 9.62. The molecule has 92 valence electrons. The zero-order valence-corrected chi connectivity index (χ0v) is 12.0. The number of thioether (sulfide) groups is 1. The number of benzene rings is 1. The van der Waals surface area contributed by atoms with Crippen LogP contribution in [0.4, 0.5) is 0 Å². The first-order chi connectivity index (χ1) is 8.05. The van der Waals surface area contributed by atoms with Gasteiger partial charge >= 0.3 is 5.97 Å². The third-order valence-electron chi connectivity index (χ3n) is 3.15. The van der Waals surface area contributed by atoms with E-state index in [0.29, 0.717) is 0 Å². The number of rotatable bonds is 4. The Bertz CT molecular complexity index is 469. The molecule has 0 spiro atoms. The smallest absolute Gasteiger partial charge is 0.314 e. The van der Waals surface area contributed by atoms with Gasteiger partial charge in [0.05, 0.1) is 21.9 Å². The second kappa shape index (κ2) is 4.53. The van der Waals surface area contributed by atoms with Gasteiger partial charge in [-0.2, -0.15) is 0 Å². The maximum absolute atomic E-state index is 11.3. The van der Waals surface area contributed by atoms with E-state index in [0.717, 1.165) is 33.5 Å². The minimum Gasteiger partial charge on any atom is -0.494 e. The number of carboxylic acid groups (broad SMARTS) is 1. The molecule has 0 unspecified atom stereocenters. The van der Waals surface area contributed by atoms with E-state index in [2.05, 4.69) is 15.9 Å². The van der Waals surface area contributed by atoms with Crippen molar-refractivity contribution in [2.75, 3.05) is 13.4 Å². The van der Waals surface area contributed by atoms with E-state index in [9.17, 15) is 9.90 Å². The van der Waals surface area contributed by atoms with Crippen molar-refractivity contribution in [3.05, 3.63) is 22.2 Å². The molecule has 17 heavy (non-hydrogen) atoms. The average molecular weight is 317 g/mol. The first-order valence-corrected chi connectivity index (χ1v) is 7.22. The number of halogens is 1. The Labute approximate surface area is 113 Å². The Hall–Kier alpha value is -0.680. The van der Waals surface area contributed by atoms with Gasteiger partial charge in [-0.1, -0.05) is 0 Å². The average Bonchev–Trinajstić information content (AvgIpc) is 3.08. The predicted molar refractivity (Wildman–Crippen MR) is 71.0 cm³/mol. The molecule has 0 radical (unpaired) electrons. The summed E-state index contributed by atoms with van der Waals surface area (Å²) in [5, 5.41) is 9.28. The molecule has 3 nitrogen and oxygen atoms in total. The lowest BCUT2D eigenvalue weighted by molar-refractivity contribution is -0.140. The molecule has 1 saturated carbocycles. The molecule has 0 heterocycles. The van der Waals surface area contributed by atoms with Crippen LogP contribution in [0.2, 0.25) is 0 Å². The topological polar surface area (TPSA) is 46.5 Å². The van der Waals surface area contributed by atoms with Crippen LogP contribution in [0.5, 0.6) is 5.75 Å². The highest BCUT2D eigenvalue weighted by Crippen LogP contribution is 2.51. The van der Waals surface area contributed by atoms with Gasteiger partial charge in [-0.25, -0.2) is 0 Å². The number of hydrogen-bond acceptors (Lipinski definition) is 3. The van der Waals surface area contributed by atoms with Crippen molar-refractivity contribution in [3.63, 3.8) is 0 Å². The lowest BCUT2D eigenvalue weighted by Gasteiger charge is -2.15. The molecule has 5 heteroatoms. The summed E-state index contributed by atoms with van der Waals surface area (Å²) in [5.74, 6) is 0.0315. The van der Waals surface area contributed by atoms with Crippen molar-refractivity contribution in [2.24, 2.45) is 0 Å². The fourth-order valence-electron chi connectivity index (χ4n) is 1.95. The molecule has 0 bridgehead atoms. The summed E-state index contributed by atoms with van der Waals surface area (Å²) in [6.45, 7) is 0. The Kier molecular flexibility index (Phi) is 3.41. The first kappa shape index (κ1) is 12.8. The normalized spacial score (nSPS) is 16.6. The molecule has 0 atom stereocenters. The Morgan fingerprint density at radius 1 is 1.53 bits per heavy atom. The maximum atomic E-state index is 11.3. The lowest BCUT2D eigenvalue weighted by atomic mass is 9.96. The Morgan fingerprint density at radius 2 is 2.18 bits per heavy atom. The highest BCUT2D eigenvalue weighted by atomic mass is 79.9. The summed E-state index contributed by atoms with van der Waals surface area (Å²) < 4.78 is 6.11. The fraction of sp³-hybridized carbons (Fsp3) is 0.417. The van der Waals surface area contributed by atoms with Gasteiger partial charge in [0.2, 0.25) is 0 Å². The minimum absolute atomic E-state index is 0.667. The van der Waals surface area contributed by atoms with E-state index in [-0.39, 0.29) is 0 Å². The molecule has 1 aromatic rings. The molecule has 0 aromatic heterocycles. The van der Waals surface area contributed by atoms with Gasteiger partial charge in [-0.15, -0.1) is 11.8 Å². The minimum atomic E-state index is -0.735. The van der Waals surface area contributed by atoms with E-state index < -0.39 is 11.4 Å². The number of hydrogen-bond donors (Lipinski definition) is 1. The molecule has 0 aliphatic heterocycles. The van der Waals surface area contributed by atoms with E-state index in [1.54, 1.807) is 18.9 Å². The maximum Gasteiger partial charge on any atom is 0.314 e. The van der Waals surface area contributed by atoms with Crippen LogP contribution in [0.3, 0.4) is 0 Å². The van der Waals surface area contributed by atoms with Gasteiger partial charge in [0, 0.05) is 0 Å². The molecule has 1 fully saturated rings. The number of carbonyl (C=O) groups is 1. The van der Waals surface area contributed by atoms with Gasteiger partial charge in [-0.05, 0) is 52.7 Å². The quantitative estimate of drug-likeness (QED) is 0.866. The molecule has 2 rings (SSSR count). The number of ether oxygens (including phenoxy) is 1. The molecule has 0 amide bonds. The molecule has 1 aliphatic carbocycles. The van der Waals surface area contributed by atoms with Crippen molar-refractivity contribution in [1.82, 2.24) is 0 Å². The van der Waals surface area contributed by atoms with Crippen molar-refractivity contribution in [1.29, 1.82) is 0 Å². The number of methoxy groups -OCH3 is 1. The van der Waals surface area contributed by atoms with E-state index >= 15 is 0 Å². The van der Waals surface area contributed by atoms with Gasteiger partial charge in [0.1, 0.15) is 5.75 Å². The largest absolute Gasteiger partial charge is 0.494 e. The van der Waals surface area contributed by atoms with Crippen molar-refractivity contribution in [2.45, 2.75) is 23.2 Å².